The average molecular weight is 292 g/mol. The Morgan fingerprint density at radius 1 is 1.48 bits per heavy atom. The van der Waals surface area contributed by atoms with Crippen LogP contribution in [0.1, 0.15) is 18.4 Å². The highest BCUT2D eigenvalue weighted by Gasteiger charge is 2.31. The predicted molar refractivity (Wildman–Crippen MR) is 76.6 cm³/mol. The summed E-state index contributed by atoms with van der Waals surface area (Å²) in [6.07, 6.45) is -0.174. The van der Waals surface area contributed by atoms with Crippen molar-refractivity contribution in [2.24, 2.45) is 11.7 Å². The van der Waals surface area contributed by atoms with E-state index < -0.39 is 0 Å². The summed E-state index contributed by atoms with van der Waals surface area (Å²) in [5, 5.41) is 2.98. The fourth-order valence-corrected chi connectivity index (χ4v) is 2.49. The van der Waals surface area contributed by atoms with E-state index in [1.165, 1.54) is 0 Å². The Hall–Kier alpha value is -1.83. The summed E-state index contributed by atoms with van der Waals surface area (Å²) in [6.45, 7) is 3.13. The maximum atomic E-state index is 12.0. The Morgan fingerprint density at radius 3 is 3.10 bits per heavy atom. The van der Waals surface area contributed by atoms with E-state index in [1.807, 2.05) is 25.1 Å². The second-order valence-corrected chi connectivity index (χ2v) is 5.37. The summed E-state index contributed by atoms with van der Waals surface area (Å²) >= 11 is 0. The summed E-state index contributed by atoms with van der Waals surface area (Å²) in [4.78, 5) is 12.0. The van der Waals surface area contributed by atoms with Gasteiger partial charge in [-0.15, -0.1) is 0 Å². The molecule has 0 bridgehead atoms. The zero-order chi connectivity index (χ0) is 14.8. The largest absolute Gasteiger partial charge is 0.454 e. The molecule has 3 rings (SSSR count). The van der Waals surface area contributed by atoms with Crippen LogP contribution in [0, 0.1) is 5.92 Å². The molecule has 0 spiro atoms. The number of hydrogen-bond donors (Lipinski definition) is 4. The molecule has 7 nitrogen and oxygen atoms in total. The van der Waals surface area contributed by atoms with Gasteiger partial charge >= 0.3 is 0 Å². The SMILES string of the molecule is CC(CN)C(=O)NC1NNCC1c1ccc2c(c1)OCO2. The quantitative estimate of drug-likeness (QED) is 0.605. The summed E-state index contributed by atoms with van der Waals surface area (Å²) < 4.78 is 10.7. The van der Waals surface area contributed by atoms with Gasteiger partial charge in [0.15, 0.2) is 11.5 Å². The third kappa shape index (κ3) is 2.80. The Balaban J connectivity index is 1.73. The molecule has 0 radical (unpaired) electrons. The van der Waals surface area contributed by atoms with Crippen molar-refractivity contribution >= 4 is 5.91 Å². The molecule has 1 fully saturated rings. The summed E-state index contributed by atoms with van der Waals surface area (Å²) in [6, 6.07) is 5.86. The molecule has 0 saturated carbocycles. The molecule has 5 N–H and O–H groups in total. The molecular weight excluding hydrogens is 272 g/mol. The fourth-order valence-electron chi connectivity index (χ4n) is 2.49. The molecule has 2 aliphatic heterocycles. The highest BCUT2D eigenvalue weighted by molar-refractivity contribution is 5.78. The topological polar surface area (TPSA) is 97.6 Å². The van der Waals surface area contributed by atoms with E-state index in [4.69, 9.17) is 15.2 Å². The van der Waals surface area contributed by atoms with E-state index in [0.29, 0.717) is 6.54 Å². The first-order valence-corrected chi connectivity index (χ1v) is 7.07. The molecule has 7 heteroatoms. The van der Waals surface area contributed by atoms with Crippen molar-refractivity contribution in [1.82, 2.24) is 16.2 Å². The van der Waals surface area contributed by atoms with Crippen LogP contribution in [0.25, 0.3) is 0 Å². The van der Waals surface area contributed by atoms with Gasteiger partial charge in [-0.25, -0.2) is 5.43 Å². The standard InChI is InChI=1S/C14H20N4O3/c1-8(5-15)14(19)17-13-10(6-16-18-13)9-2-3-11-12(4-9)21-7-20-11/h2-4,8,10,13,16,18H,5-7,15H2,1H3,(H,17,19). The van der Waals surface area contributed by atoms with Crippen LogP contribution >= 0.6 is 0 Å². The molecule has 3 atom stereocenters. The molecule has 1 saturated heterocycles. The first-order valence-electron chi connectivity index (χ1n) is 7.07. The van der Waals surface area contributed by atoms with E-state index in [1.54, 1.807) is 0 Å². The molecule has 21 heavy (non-hydrogen) atoms. The van der Waals surface area contributed by atoms with E-state index in [9.17, 15) is 4.79 Å². The lowest BCUT2D eigenvalue weighted by molar-refractivity contribution is -0.125. The van der Waals surface area contributed by atoms with Crippen molar-refractivity contribution in [2.75, 3.05) is 19.9 Å². The molecule has 2 heterocycles. The van der Waals surface area contributed by atoms with Crippen molar-refractivity contribution in [3.8, 4) is 11.5 Å². The zero-order valence-corrected chi connectivity index (χ0v) is 11.9. The van der Waals surface area contributed by atoms with Crippen LogP contribution in [-0.2, 0) is 4.79 Å². The Kier molecular flexibility index (Phi) is 3.96. The second kappa shape index (κ2) is 5.88. The van der Waals surface area contributed by atoms with Gasteiger partial charge in [0, 0.05) is 24.9 Å². The highest BCUT2D eigenvalue weighted by Crippen LogP contribution is 2.35. The van der Waals surface area contributed by atoms with Crippen LogP contribution in [-0.4, -0.2) is 32.0 Å². The third-order valence-electron chi connectivity index (χ3n) is 3.91. The van der Waals surface area contributed by atoms with Gasteiger partial charge in [0.1, 0.15) is 6.17 Å². The minimum Gasteiger partial charge on any atom is -0.454 e. The lowest BCUT2D eigenvalue weighted by Crippen LogP contribution is -2.48. The van der Waals surface area contributed by atoms with Gasteiger partial charge in [-0.1, -0.05) is 13.0 Å². The molecule has 1 aromatic carbocycles. The number of fused-ring (bicyclic) bond motifs is 1. The fraction of sp³-hybridized carbons (Fsp3) is 0.500. The number of amides is 1. The Labute approximate surface area is 123 Å². The maximum absolute atomic E-state index is 12.0. The number of nitrogens with two attached hydrogens (primary N) is 1. The number of hydrazine groups is 1. The molecule has 2 aliphatic rings. The van der Waals surface area contributed by atoms with Gasteiger partial charge in [0.25, 0.3) is 0 Å². The Bertz CT molecular complexity index is 537. The summed E-state index contributed by atoms with van der Waals surface area (Å²) in [5.74, 6) is 1.37. The number of carbonyl (C=O) groups excluding carboxylic acids is 1. The van der Waals surface area contributed by atoms with Crippen molar-refractivity contribution < 1.29 is 14.3 Å². The lowest BCUT2D eigenvalue weighted by atomic mass is 9.96. The van der Waals surface area contributed by atoms with Crippen molar-refractivity contribution in [3.63, 3.8) is 0 Å². The normalized spacial score (nSPS) is 24.9. The molecule has 114 valence electrons. The number of carbonyl (C=O) groups is 1. The van der Waals surface area contributed by atoms with Gasteiger partial charge in [0.05, 0.1) is 0 Å². The maximum Gasteiger partial charge on any atom is 0.231 e. The van der Waals surface area contributed by atoms with Crippen LogP contribution in [0.4, 0.5) is 0 Å². The molecule has 1 amide bonds. The van der Waals surface area contributed by atoms with Crippen LogP contribution in [0.5, 0.6) is 11.5 Å². The Morgan fingerprint density at radius 2 is 2.29 bits per heavy atom. The van der Waals surface area contributed by atoms with E-state index in [0.717, 1.165) is 23.6 Å². The number of benzene rings is 1. The van der Waals surface area contributed by atoms with Crippen molar-refractivity contribution in [3.05, 3.63) is 23.8 Å². The minimum atomic E-state index is -0.204. The van der Waals surface area contributed by atoms with Crippen molar-refractivity contribution in [2.45, 2.75) is 19.0 Å². The average Bonchev–Trinajstić information content (AvgIpc) is 3.13. The number of nitrogens with one attached hydrogen (secondary N) is 3. The smallest absolute Gasteiger partial charge is 0.231 e. The lowest BCUT2D eigenvalue weighted by Gasteiger charge is -2.22. The van der Waals surface area contributed by atoms with Crippen molar-refractivity contribution in [1.29, 1.82) is 0 Å². The van der Waals surface area contributed by atoms with Gasteiger partial charge in [-0.05, 0) is 17.7 Å². The van der Waals surface area contributed by atoms with Gasteiger partial charge in [0.2, 0.25) is 12.7 Å². The monoisotopic (exact) mass is 292 g/mol. The number of hydrogen-bond acceptors (Lipinski definition) is 6. The summed E-state index contributed by atoms with van der Waals surface area (Å²) in [5.41, 5.74) is 12.8. The molecule has 0 aliphatic carbocycles. The van der Waals surface area contributed by atoms with Crippen LogP contribution in [0.15, 0.2) is 18.2 Å². The minimum absolute atomic E-state index is 0.0514. The molecular formula is C14H20N4O3. The first-order chi connectivity index (χ1) is 10.2. The second-order valence-electron chi connectivity index (χ2n) is 5.37. The number of ether oxygens (including phenoxy) is 2. The van der Waals surface area contributed by atoms with E-state index in [-0.39, 0.29) is 30.7 Å². The van der Waals surface area contributed by atoms with Crippen LogP contribution in [0.2, 0.25) is 0 Å². The van der Waals surface area contributed by atoms with Gasteiger partial charge in [-0.2, -0.15) is 0 Å². The van der Waals surface area contributed by atoms with Crippen LogP contribution < -0.4 is 31.4 Å². The molecule has 0 aromatic heterocycles. The molecule has 1 aromatic rings. The predicted octanol–water partition coefficient (Wildman–Crippen LogP) is -0.356. The highest BCUT2D eigenvalue weighted by atomic mass is 16.7. The van der Waals surface area contributed by atoms with Crippen LogP contribution in [0.3, 0.4) is 0 Å². The van der Waals surface area contributed by atoms with Gasteiger partial charge < -0.3 is 20.5 Å². The third-order valence-corrected chi connectivity index (χ3v) is 3.91. The first kappa shape index (κ1) is 14.1. The number of rotatable bonds is 4. The van der Waals surface area contributed by atoms with E-state index in [2.05, 4.69) is 16.2 Å². The summed E-state index contributed by atoms with van der Waals surface area (Å²) in [7, 11) is 0. The van der Waals surface area contributed by atoms with E-state index >= 15 is 0 Å². The van der Waals surface area contributed by atoms with Gasteiger partial charge in [-0.3, -0.25) is 10.2 Å². The molecule has 3 unspecified atom stereocenters. The zero-order valence-electron chi connectivity index (χ0n) is 11.9.